The molecular formula is C20H14N2O7S2. The molecule has 3 N–H and O–H groups in total. The van der Waals surface area contributed by atoms with E-state index in [0.717, 1.165) is 5.39 Å². The molecule has 4 rings (SSSR count). The van der Waals surface area contributed by atoms with Gasteiger partial charge in [-0.15, -0.1) is 10.2 Å². The van der Waals surface area contributed by atoms with Crippen LogP contribution in [0.25, 0.3) is 21.5 Å². The largest absolute Gasteiger partial charge is 0.505 e. The topological polar surface area (TPSA) is 154 Å². The maximum absolute atomic E-state index is 12.0. The molecule has 0 saturated carbocycles. The van der Waals surface area contributed by atoms with Gasteiger partial charge in [-0.2, -0.15) is 16.8 Å². The van der Waals surface area contributed by atoms with E-state index in [1.54, 1.807) is 24.3 Å². The van der Waals surface area contributed by atoms with E-state index in [9.17, 15) is 31.0 Å². The van der Waals surface area contributed by atoms with Crippen molar-refractivity contribution in [2.45, 2.75) is 9.79 Å². The maximum Gasteiger partial charge on any atom is 0.300 e. The number of azo groups is 1. The van der Waals surface area contributed by atoms with Crippen LogP contribution in [0, 0.1) is 0 Å². The number of phenols is 1. The van der Waals surface area contributed by atoms with Crippen LogP contribution < -0.4 is 0 Å². The summed E-state index contributed by atoms with van der Waals surface area (Å²) in [5.74, 6) is -1.35. The highest BCUT2D eigenvalue weighted by molar-refractivity contribution is 7.87. The number of nitrogens with zero attached hydrogens (tertiary/aromatic N) is 2. The van der Waals surface area contributed by atoms with Crippen molar-refractivity contribution in [2.75, 3.05) is 0 Å². The van der Waals surface area contributed by atoms with Crippen LogP contribution in [-0.2, 0) is 20.2 Å². The Labute approximate surface area is 176 Å². The second-order valence-electron chi connectivity index (χ2n) is 6.55. The summed E-state index contributed by atoms with van der Waals surface area (Å²) in [5.41, 5.74) is -0.0993. The molecular weight excluding hydrogens is 444 g/mol. The molecule has 0 radical (unpaired) electrons. The molecule has 11 heteroatoms. The first kappa shape index (κ1) is 20.9. The number of hydrogen-bond donors (Lipinski definition) is 3. The van der Waals surface area contributed by atoms with E-state index in [-0.39, 0.29) is 10.8 Å². The van der Waals surface area contributed by atoms with E-state index in [1.165, 1.54) is 24.3 Å². The fourth-order valence-corrected chi connectivity index (χ4v) is 4.97. The van der Waals surface area contributed by atoms with Gasteiger partial charge in [0.2, 0.25) is 0 Å². The van der Waals surface area contributed by atoms with E-state index < -0.39 is 41.5 Å². The molecule has 0 aliphatic heterocycles. The summed E-state index contributed by atoms with van der Waals surface area (Å²) < 4.78 is 67.0. The summed E-state index contributed by atoms with van der Waals surface area (Å²) in [7, 11) is -10.2. The van der Waals surface area contributed by atoms with Gasteiger partial charge >= 0.3 is 10.1 Å². The van der Waals surface area contributed by atoms with Crippen molar-refractivity contribution in [3.05, 3.63) is 66.7 Å². The van der Waals surface area contributed by atoms with E-state index in [2.05, 4.69) is 10.2 Å². The van der Waals surface area contributed by atoms with Gasteiger partial charge in [-0.25, -0.2) is 0 Å². The van der Waals surface area contributed by atoms with Gasteiger partial charge in [0.05, 0.1) is 5.69 Å². The summed E-state index contributed by atoms with van der Waals surface area (Å²) in [6.07, 6.45) is 0. The number of rotatable bonds is 4. The highest BCUT2D eigenvalue weighted by Gasteiger charge is 2.32. The van der Waals surface area contributed by atoms with Gasteiger partial charge in [-0.1, -0.05) is 60.7 Å². The Balaban J connectivity index is 2.10. The smallest absolute Gasteiger partial charge is 0.300 e. The molecule has 4 aromatic rings. The quantitative estimate of drug-likeness (QED) is 0.298. The summed E-state index contributed by atoms with van der Waals surface area (Å²) in [4.78, 5) is -2.23. The lowest BCUT2D eigenvalue weighted by Crippen LogP contribution is -2.06. The zero-order chi connectivity index (χ0) is 22.4. The van der Waals surface area contributed by atoms with E-state index in [4.69, 9.17) is 0 Å². The molecule has 0 aliphatic rings. The number of benzene rings is 4. The molecule has 158 valence electrons. The molecule has 0 bridgehead atoms. The Kier molecular flexibility index (Phi) is 4.98. The Morgan fingerprint density at radius 2 is 1.16 bits per heavy atom. The minimum atomic E-state index is -5.16. The van der Waals surface area contributed by atoms with Crippen LogP contribution in [0.2, 0.25) is 0 Å². The fourth-order valence-electron chi connectivity index (χ4n) is 3.36. The minimum absolute atomic E-state index is 0.0652. The van der Waals surface area contributed by atoms with Crippen LogP contribution in [0.1, 0.15) is 0 Å². The normalized spacial score (nSPS) is 12.7. The lowest BCUT2D eigenvalue weighted by atomic mass is 10.1. The van der Waals surface area contributed by atoms with Crippen molar-refractivity contribution < 1.29 is 31.0 Å². The Morgan fingerprint density at radius 3 is 1.81 bits per heavy atom. The number of fused-ring (bicyclic) bond motifs is 2. The van der Waals surface area contributed by atoms with Crippen molar-refractivity contribution >= 4 is 53.2 Å². The van der Waals surface area contributed by atoms with Gasteiger partial charge in [0.1, 0.15) is 10.6 Å². The first-order chi connectivity index (χ1) is 14.6. The van der Waals surface area contributed by atoms with Crippen LogP contribution in [0.3, 0.4) is 0 Å². The minimum Gasteiger partial charge on any atom is -0.505 e. The van der Waals surface area contributed by atoms with Gasteiger partial charge in [0.15, 0.2) is 10.6 Å². The molecule has 31 heavy (non-hydrogen) atoms. The second-order valence-corrected chi connectivity index (χ2v) is 9.27. The van der Waals surface area contributed by atoms with Gasteiger partial charge in [0.25, 0.3) is 10.1 Å². The second kappa shape index (κ2) is 7.39. The van der Waals surface area contributed by atoms with Gasteiger partial charge < -0.3 is 5.11 Å². The fraction of sp³-hybridized carbons (Fsp3) is 0. The molecule has 0 aliphatic carbocycles. The molecule has 0 heterocycles. The Morgan fingerprint density at radius 1 is 0.613 bits per heavy atom. The zero-order valence-corrected chi connectivity index (χ0v) is 17.2. The molecule has 9 nitrogen and oxygen atoms in total. The lowest BCUT2D eigenvalue weighted by Gasteiger charge is -2.13. The van der Waals surface area contributed by atoms with Crippen molar-refractivity contribution in [3.63, 3.8) is 0 Å². The first-order valence-electron chi connectivity index (χ1n) is 8.71. The molecule has 0 fully saturated rings. The van der Waals surface area contributed by atoms with Gasteiger partial charge in [0, 0.05) is 16.2 Å². The van der Waals surface area contributed by atoms with Crippen LogP contribution >= 0.6 is 0 Å². The third-order valence-electron chi connectivity index (χ3n) is 4.61. The van der Waals surface area contributed by atoms with E-state index in [1.807, 2.05) is 18.2 Å². The number of hydrogen-bond acceptors (Lipinski definition) is 7. The van der Waals surface area contributed by atoms with Crippen molar-refractivity contribution in [3.8, 4) is 5.75 Å². The molecule has 0 amide bonds. The predicted molar refractivity (Wildman–Crippen MR) is 113 cm³/mol. The molecule has 0 saturated heterocycles. The lowest BCUT2D eigenvalue weighted by molar-refractivity contribution is 0.425. The van der Waals surface area contributed by atoms with Crippen LogP contribution in [0.4, 0.5) is 11.4 Å². The number of aromatic hydroxyl groups is 1. The predicted octanol–water partition coefficient (Wildman–Crippen LogP) is 4.61. The molecule has 0 unspecified atom stereocenters. The van der Waals surface area contributed by atoms with Crippen molar-refractivity contribution in [1.82, 2.24) is 0 Å². The summed E-state index contributed by atoms with van der Waals surface area (Å²) in [6, 6.07) is 17.9. The standard InChI is InChI=1S/C20H14N2O7S2/c23-18-19(30(24,25)26)15-10-4-3-9-14(15)17(20(18)31(27,28)29)22-21-16-11-5-7-12-6-1-2-8-13(12)16/h1-11,23H,(H,24,25,26)(H,27,28,29). The average molecular weight is 458 g/mol. The summed E-state index contributed by atoms with van der Waals surface area (Å²) in [6.45, 7) is 0. The van der Waals surface area contributed by atoms with Gasteiger partial charge in [-0.3, -0.25) is 9.11 Å². The highest BCUT2D eigenvalue weighted by Crippen LogP contribution is 2.45. The summed E-state index contributed by atoms with van der Waals surface area (Å²) in [5, 5.41) is 19.8. The van der Waals surface area contributed by atoms with Crippen LogP contribution in [-0.4, -0.2) is 31.0 Å². The van der Waals surface area contributed by atoms with E-state index >= 15 is 0 Å². The van der Waals surface area contributed by atoms with E-state index in [0.29, 0.717) is 11.1 Å². The van der Waals surface area contributed by atoms with Crippen LogP contribution in [0.15, 0.2) is 86.7 Å². The number of phenolic OH excluding ortho intramolecular Hbond substituents is 1. The average Bonchev–Trinajstić information content (AvgIpc) is 2.69. The SMILES string of the molecule is O=S(=O)(O)c1c(O)c(S(=O)(=O)O)c2ccccc2c1N=Nc1cccc2ccccc12. The maximum atomic E-state index is 12.0. The first-order valence-corrected chi connectivity index (χ1v) is 11.6. The van der Waals surface area contributed by atoms with Crippen molar-refractivity contribution in [1.29, 1.82) is 0 Å². The Bertz CT molecular complexity index is 1590. The van der Waals surface area contributed by atoms with Crippen LogP contribution in [0.5, 0.6) is 5.75 Å². The third kappa shape index (κ3) is 3.75. The monoisotopic (exact) mass is 458 g/mol. The highest BCUT2D eigenvalue weighted by atomic mass is 32.2. The summed E-state index contributed by atoms with van der Waals surface area (Å²) >= 11 is 0. The molecule has 4 aromatic carbocycles. The molecule has 0 spiro atoms. The van der Waals surface area contributed by atoms with Crippen molar-refractivity contribution in [2.24, 2.45) is 10.2 Å². The molecule has 0 atom stereocenters. The molecule has 0 aromatic heterocycles. The Hall–Kier alpha value is -3.38. The zero-order valence-electron chi connectivity index (χ0n) is 15.5. The van der Waals surface area contributed by atoms with Gasteiger partial charge in [-0.05, 0) is 11.5 Å². The third-order valence-corrected chi connectivity index (χ3v) is 6.44.